The van der Waals surface area contributed by atoms with Crippen LogP contribution in [-0.4, -0.2) is 29.7 Å². The summed E-state index contributed by atoms with van der Waals surface area (Å²) in [7, 11) is 0. The Morgan fingerprint density at radius 3 is 2.33 bits per heavy atom. The molecule has 1 aliphatic rings. The molecule has 1 aliphatic heterocycles. The SMILES string of the molecule is CC(=O)c1ccc(-c2ccc(C(=O)NCc3ccccc3CN3CCCC3)o2)cc1. The molecule has 1 saturated heterocycles. The molecule has 30 heavy (non-hydrogen) atoms. The number of carbonyl (C=O) groups excluding carboxylic acids is 2. The minimum absolute atomic E-state index is 0.0195. The Morgan fingerprint density at radius 1 is 0.933 bits per heavy atom. The van der Waals surface area contributed by atoms with Crippen LogP contribution in [0.4, 0.5) is 0 Å². The van der Waals surface area contributed by atoms with E-state index in [1.807, 2.05) is 24.3 Å². The fraction of sp³-hybridized carbons (Fsp3) is 0.280. The molecule has 1 aromatic heterocycles. The van der Waals surface area contributed by atoms with Gasteiger partial charge in [0.15, 0.2) is 11.5 Å². The Bertz CT molecular complexity index is 1030. The number of hydrogen-bond donors (Lipinski definition) is 1. The van der Waals surface area contributed by atoms with E-state index in [0.29, 0.717) is 17.9 Å². The number of benzene rings is 2. The van der Waals surface area contributed by atoms with Crippen molar-refractivity contribution in [2.45, 2.75) is 32.9 Å². The van der Waals surface area contributed by atoms with E-state index in [9.17, 15) is 9.59 Å². The van der Waals surface area contributed by atoms with E-state index in [2.05, 4.69) is 22.3 Å². The predicted octanol–water partition coefficient (Wildman–Crippen LogP) is 4.68. The van der Waals surface area contributed by atoms with Crippen molar-refractivity contribution < 1.29 is 14.0 Å². The molecule has 0 atom stereocenters. The van der Waals surface area contributed by atoms with Crippen LogP contribution in [0.1, 0.15) is 51.8 Å². The summed E-state index contributed by atoms with van der Waals surface area (Å²) in [4.78, 5) is 26.5. The Hall–Kier alpha value is -3.18. The summed E-state index contributed by atoms with van der Waals surface area (Å²) in [5.41, 5.74) is 3.86. The van der Waals surface area contributed by atoms with Crippen molar-refractivity contribution in [1.29, 1.82) is 0 Å². The van der Waals surface area contributed by atoms with Crippen molar-refractivity contribution in [3.8, 4) is 11.3 Å². The second-order valence-electron chi connectivity index (χ2n) is 7.73. The van der Waals surface area contributed by atoms with Gasteiger partial charge in [0.05, 0.1) is 0 Å². The van der Waals surface area contributed by atoms with Gasteiger partial charge in [-0.05, 0) is 56.1 Å². The second kappa shape index (κ2) is 9.09. The molecule has 5 heteroatoms. The highest BCUT2D eigenvalue weighted by Gasteiger charge is 2.15. The van der Waals surface area contributed by atoms with Gasteiger partial charge in [-0.1, -0.05) is 48.5 Å². The molecule has 0 saturated carbocycles. The summed E-state index contributed by atoms with van der Waals surface area (Å²) >= 11 is 0. The average molecular weight is 402 g/mol. The lowest BCUT2D eigenvalue weighted by Crippen LogP contribution is -2.24. The summed E-state index contributed by atoms with van der Waals surface area (Å²) < 4.78 is 5.75. The topological polar surface area (TPSA) is 62.6 Å². The second-order valence-corrected chi connectivity index (χ2v) is 7.73. The van der Waals surface area contributed by atoms with E-state index in [1.54, 1.807) is 24.3 Å². The van der Waals surface area contributed by atoms with Crippen molar-refractivity contribution in [2.75, 3.05) is 13.1 Å². The lowest BCUT2D eigenvalue weighted by molar-refractivity contribution is 0.0923. The number of likely N-dealkylation sites (tertiary alicyclic amines) is 1. The molecule has 2 aromatic carbocycles. The normalized spacial score (nSPS) is 14.0. The molecular weight excluding hydrogens is 376 g/mol. The maximum Gasteiger partial charge on any atom is 0.287 e. The van der Waals surface area contributed by atoms with E-state index >= 15 is 0 Å². The van der Waals surface area contributed by atoms with Crippen molar-refractivity contribution in [1.82, 2.24) is 10.2 Å². The Morgan fingerprint density at radius 2 is 1.63 bits per heavy atom. The number of rotatable bonds is 7. The van der Waals surface area contributed by atoms with Gasteiger partial charge in [0, 0.05) is 24.2 Å². The van der Waals surface area contributed by atoms with Crippen LogP contribution in [0.25, 0.3) is 11.3 Å². The highest BCUT2D eigenvalue weighted by atomic mass is 16.3. The molecule has 2 heterocycles. The minimum Gasteiger partial charge on any atom is -0.451 e. The molecule has 0 bridgehead atoms. The number of ketones is 1. The molecule has 0 radical (unpaired) electrons. The maximum absolute atomic E-state index is 12.6. The first-order valence-corrected chi connectivity index (χ1v) is 10.4. The molecule has 1 fully saturated rings. The Labute approximate surface area is 176 Å². The van der Waals surface area contributed by atoms with Gasteiger partial charge in [-0.25, -0.2) is 0 Å². The van der Waals surface area contributed by atoms with Crippen LogP contribution in [0.15, 0.2) is 65.1 Å². The van der Waals surface area contributed by atoms with E-state index in [-0.39, 0.29) is 17.5 Å². The van der Waals surface area contributed by atoms with Crippen molar-refractivity contribution in [3.63, 3.8) is 0 Å². The number of hydrogen-bond acceptors (Lipinski definition) is 4. The summed E-state index contributed by atoms with van der Waals surface area (Å²) in [6.07, 6.45) is 2.52. The zero-order valence-electron chi connectivity index (χ0n) is 17.2. The van der Waals surface area contributed by atoms with Gasteiger partial charge in [0.1, 0.15) is 5.76 Å². The van der Waals surface area contributed by atoms with Gasteiger partial charge >= 0.3 is 0 Å². The predicted molar refractivity (Wildman–Crippen MR) is 116 cm³/mol. The third-order valence-corrected chi connectivity index (χ3v) is 5.56. The molecule has 1 amide bonds. The molecule has 154 valence electrons. The maximum atomic E-state index is 12.6. The van der Waals surface area contributed by atoms with Gasteiger partial charge in [0.2, 0.25) is 0 Å². The molecular formula is C25H26N2O3. The lowest BCUT2D eigenvalue weighted by Gasteiger charge is -2.17. The van der Waals surface area contributed by atoms with Crippen molar-refractivity contribution in [2.24, 2.45) is 0 Å². The number of nitrogens with one attached hydrogen (secondary N) is 1. The standard InChI is InChI=1S/C25H26N2O3/c1-18(28)19-8-10-20(11-9-19)23-12-13-24(30-23)25(29)26-16-21-6-2-3-7-22(21)17-27-14-4-5-15-27/h2-3,6-13H,4-5,14-17H2,1H3,(H,26,29). The fourth-order valence-corrected chi connectivity index (χ4v) is 3.81. The molecule has 0 spiro atoms. The highest BCUT2D eigenvalue weighted by molar-refractivity contribution is 5.94. The molecule has 4 rings (SSSR count). The van der Waals surface area contributed by atoms with Crippen LogP contribution in [0.3, 0.4) is 0 Å². The quantitative estimate of drug-likeness (QED) is 0.583. The first-order valence-electron chi connectivity index (χ1n) is 10.4. The molecule has 0 aliphatic carbocycles. The summed E-state index contributed by atoms with van der Waals surface area (Å²) in [5, 5.41) is 2.97. The summed E-state index contributed by atoms with van der Waals surface area (Å²) in [6.45, 7) is 5.21. The van der Waals surface area contributed by atoms with Gasteiger partial charge in [0.25, 0.3) is 5.91 Å². The van der Waals surface area contributed by atoms with E-state index in [0.717, 1.165) is 30.8 Å². The summed E-state index contributed by atoms with van der Waals surface area (Å²) in [5.74, 6) is 0.658. The average Bonchev–Trinajstić information content (AvgIpc) is 3.45. The molecule has 1 N–H and O–H groups in total. The molecule has 3 aromatic rings. The zero-order valence-corrected chi connectivity index (χ0v) is 17.2. The fourth-order valence-electron chi connectivity index (χ4n) is 3.81. The minimum atomic E-state index is -0.238. The number of nitrogens with zero attached hydrogens (tertiary/aromatic N) is 1. The van der Waals surface area contributed by atoms with Crippen LogP contribution in [0.2, 0.25) is 0 Å². The zero-order chi connectivity index (χ0) is 20.9. The molecule has 0 unspecified atom stereocenters. The number of furan rings is 1. The van der Waals surface area contributed by atoms with E-state index in [1.165, 1.54) is 25.3 Å². The van der Waals surface area contributed by atoms with Crippen molar-refractivity contribution >= 4 is 11.7 Å². The van der Waals surface area contributed by atoms with E-state index in [4.69, 9.17) is 4.42 Å². The molecule has 5 nitrogen and oxygen atoms in total. The largest absolute Gasteiger partial charge is 0.451 e. The third-order valence-electron chi connectivity index (χ3n) is 5.56. The number of carbonyl (C=O) groups is 2. The van der Waals surface area contributed by atoms with Crippen LogP contribution in [0, 0.1) is 0 Å². The monoisotopic (exact) mass is 402 g/mol. The van der Waals surface area contributed by atoms with Crippen LogP contribution < -0.4 is 5.32 Å². The third kappa shape index (κ3) is 4.69. The van der Waals surface area contributed by atoms with E-state index < -0.39 is 0 Å². The Balaban J connectivity index is 1.40. The van der Waals surface area contributed by atoms with Gasteiger partial charge < -0.3 is 9.73 Å². The van der Waals surface area contributed by atoms with Crippen LogP contribution in [-0.2, 0) is 13.1 Å². The number of amides is 1. The lowest BCUT2D eigenvalue weighted by atomic mass is 10.1. The van der Waals surface area contributed by atoms with Crippen molar-refractivity contribution in [3.05, 3.63) is 83.1 Å². The Kier molecular flexibility index (Phi) is 6.10. The first kappa shape index (κ1) is 20.1. The van der Waals surface area contributed by atoms with Crippen LogP contribution >= 0.6 is 0 Å². The first-order chi connectivity index (χ1) is 14.6. The van der Waals surface area contributed by atoms with Gasteiger partial charge in [-0.2, -0.15) is 0 Å². The smallest absolute Gasteiger partial charge is 0.287 e. The van der Waals surface area contributed by atoms with Gasteiger partial charge in [-0.3, -0.25) is 14.5 Å². The summed E-state index contributed by atoms with van der Waals surface area (Å²) in [6, 6.07) is 18.9. The number of Topliss-reactive ketones (excluding diaryl/α,β-unsaturated/α-hetero) is 1. The van der Waals surface area contributed by atoms with Gasteiger partial charge in [-0.15, -0.1) is 0 Å². The highest BCUT2D eigenvalue weighted by Crippen LogP contribution is 2.23. The van der Waals surface area contributed by atoms with Crippen LogP contribution in [0.5, 0.6) is 0 Å².